The van der Waals surface area contributed by atoms with Crippen molar-refractivity contribution in [2.75, 3.05) is 15.9 Å². The van der Waals surface area contributed by atoms with Gasteiger partial charge in [0, 0.05) is 10.2 Å². The Balaban J connectivity index is 1.79. The maximum Gasteiger partial charge on any atom is 0.247 e. The van der Waals surface area contributed by atoms with Crippen molar-refractivity contribution in [1.29, 1.82) is 0 Å². The van der Waals surface area contributed by atoms with Crippen molar-refractivity contribution in [2.45, 2.75) is 13.0 Å². The standard InChI is InChI=1S/C22H21BrN2O4S/c1-16(22(26)24-18-10-8-17(23)9-11-18)25(30(2,27)28)19-12-14-21(15-13-19)29-20-6-4-3-5-7-20/h3-16H,1-2H3,(H,24,26)/t16-/m1/s1. The molecular weight excluding hydrogens is 468 g/mol. The molecule has 0 heterocycles. The minimum atomic E-state index is -3.71. The Hall–Kier alpha value is -2.84. The number of hydrogen-bond acceptors (Lipinski definition) is 4. The van der Waals surface area contributed by atoms with Crippen molar-refractivity contribution in [2.24, 2.45) is 0 Å². The molecule has 0 saturated carbocycles. The molecule has 156 valence electrons. The van der Waals surface area contributed by atoms with Gasteiger partial charge in [0.2, 0.25) is 15.9 Å². The highest BCUT2D eigenvalue weighted by Gasteiger charge is 2.29. The van der Waals surface area contributed by atoms with E-state index in [2.05, 4.69) is 21.2 Å². The predicted molar refractivity (Wildman–Crippen MR) is 123 cm³/mol. The van der Waals surface area contributed by atoms with Crippen molar-refractivity contribution in [3.63, 3.8) is 0 Å². The number of hydrogen-bond donors (Lipinski definition) is 1. The summed E-state index contributed by atoms with van der Waals surface area (Å²) in [4.78, 5) is 12.7. The highest BCUT2D eigenvalue weighted by molar-refractivity contribution is 9.10. The number of nitrogens with one attached hydrogen (secondary N) is 1. The summed E-state index contributed by atoms with van der Waals surface area (Å²) in [5.41, 5.74) is 0.950. The topological polar surface area (TPSA) is 75.7 Å². The fourth-order valence-corrected chi connectivity index (χ4v) is 4.31. The van der Waals surface area contributed by atoms with Crippen molar-refractivity contribution in [1.82, 2.24) is 0 Å². The number of benzene rings is 3. The highest BCUT2D eigenvalue weighted by atomic mass is 79.9. The van der Waals surface area contributed by atoms with E-state index in [1.807, 2.05) is 30.3 Å². The molecule has 6 nitrogen and oxygen atoms in total. The van der Waals surface area contributed by atoms with Crippen molar-refractivity contribution in [3.05, 3.63) is 83.3 Å². The first-order valence-corrected chi connectivity index (χ1v) is 11.8. The van der Waals surface area contributed by atoms with Gasteiger partial charge in [0.25, 0.3) is 0 Å². The Morgan fingerprint density at radius 2 is 1.50 bits per heavy atom. The van der Waals surface area contributed by atoms with Crippen LogP contribution in [0.4, 0.5) is 11.4 Å². The van der Waals surface area contributed by atoms with Gasteiger partial charge in [-0.25, -0.2) is 8.42 Å². The zero-order valence-electron chi connectivity index (χ0n) is 16.4. The number of ether oxygens (including phenoxy) is 1. The lowest BCUT2D eigenvalue weighted by Gasteiger charge is -2.28. The molecule has 1 amide bonds. The Bertz CT molecular complexity index is 1100. The summed E-state index contributed by atoms with van der Waals surface area (Å²) in [6.07, 6.45) is 1.07. The van der Waals surface area contributed by atoms with E-state index in [-0.39, 0.29) is 0 Å². The molecule has 0 bridgehead atoms. The average Bonchev–Trinajstić information content (AvgIpc) is 2.71. The first-order valence-electron chi connectivity index (χ1n) is 9.13. The van der Waals surface area contributed by atoms with Crippen LogP contribution in [0.2, 0.25) is 0 Å². The van der Waals surface area contributed by atoms with Crippen LogP contribution in [0.1, 0.15) is 6.92 Å². The number of anilines is 2. The van der Waals surface area contributed by atoms with Crippen molar-refractivity contribution >= 4 is 43.2 Å². The van der Waals surface area contributed by atoms with E-state index in [0.717, 1.165) is 15.0 Å². The van der Waals surface area contributed by atoms with Gasteiger partial charge < -0.3 is 10.1 Å². The molecule has 0 unspecified atom stereocenters. The zero-order valence-corrected chi connectivity index (χ0v) is 18.9. The van der Waals surface area contributed by atoms with E-state index in [0.29, 0.717) is 22.9 Å². The monoisotopic (exact) mass is 488 g/mol. The van der Waals surface area contributed by atoms with Gasteiger partial charge >= 0.3 is 0 Å². The molecule has 1 atom stereocenters. The molecule has 3 aromatic carbocycles. The molecule has 0 aliphatic heterocycles. The molecule has 1 N–H and O–H groups in total. The SMILES string of the molecule is C[C@H](C(=O)Nc1ccc(Br)cc1)N(c1ccc(Oc2ccccc2)cc1)S(C)(=O)=O. The normalized spacial score (nSPS) is 12.1. The fourth-order valence-electron chi connectivity index (χ4n) is 2.87. The summed E-state index contributed by atoms with van der Waals surface area (Å²) < 4.78 is 32.6. The summed E-state index contributed by atoms with van der Waals surface area (Å²) in [5.74, 6) is 0.796. The molecule has 0 spiro atoms. The lowest BCUT2D eigenvalue weighted by atomic mass is 10.2. The molecule has 0 aliphatic carbocycles. The van der Waals surface area contributed by atoms with Crippen molar-refractivity contribution < 1.29 is 17.9 Å². The maximum absolute atomic E-state index is 12.7. The van der Waals surface area contributed by atoms with E-state index < -0.39 is 22.0 Å². The third-order valence-corrected chi connectivity index (χ3v) is 6.04. The maximum atomic E-state index is 12.7. The lowest BCUT2D eigenvalue weighted by Crippen LogP contribution is -2.45. The van der Waals surface area contributed by atoms with E-state index >= 15 is 0 Å². The first-order chi connectivity index (χ1) is 14.2. The molecule has 0 radical (unpaired) electrons. The van der Waals surface area contributed by atoms with Crippen LogP contribution in [0.15, 0.2) is 83.3 Å². The Morgan fingerprint density at radius 1 is 0.933 bits per heavy atom. The van der Waals surface area contributed by atoms with E-state index in [4.69, 9.17) is 4.74 Å². The Morgan fingerprint density at radius 3 is 2.07 bits per heavy atom. The highest BCUT2D eigenvalue weighted by Crippen LogP contribution is 2.27. The quantitative estimate of drug-likeness (QED) is 0.505. The first kappa shape index (κ1) is 21.9. The molecular formula is C22H21BrN2O4S. The van der Waals surface area contributed by atoms with E-state index in [9.17, 15) is 13.2 Å². The average molecular weight is 489 g/mol. The van der Waals surface area contributed by atoms with Gasteiger partial charge in [-0.3, -0.25) is 9.10 Å². The largest absolute Gasteiger partial charge is 0.457 e. The van der Waals surface area contributed by atoms with Crippen LogP contribution in [0.3, 0.4) is 0 Å². The van der Waals surface area contributed by atoms with Crippen LogP contribution in [0.25, 0.3) is 0 Å². The van der Waals surface area contributed by atoms with Crippen LogP contribution < -0.4 is 14.4 Å². The molecule has 3 rings (SSSR count). The summed E-state index contributed by atoms with van der Waals surface area (Å²) in [6.45, 7) is 1.55. The number of amides is 1. The number of nitrogens with zero attached hydrogens (tertiary/aromatic N) is 1. The zero-order chi connectivity index (χ0) is 21.7. The van der Waals surface area contributed by atoms with Gasteiger partial charge in [-0.15, -0.1) is 0 Å². The lowest BCUT2D eigenvalue weighted by molar-refractivity contribution is -0.116. The van der Waals surface area contributed by atoms with Crippen LogP contribution in [-0.4, -0.2) is 26.6 Å². The second-order valence-corrected chi connectivity index (χ2v) is 9.42. The Labute approximate surface area is 184 Å². The second kappa shape index (κ2) is 9.32. The summed E-state index contributed by atoms with van der Waals surface area (Å²) in [6, 6.07) is 21.9. The van der Waals surface area contributed by atoms with Gasteiger partial charge in [0.1, 0.15) is 17.5 Å². The molecule has 0 fully saturated rings. The number of carbonyl (C=O) groups is 1. The van der Waals surface area contributed by atoms with Gasteiger partial charge in [0.05, 0.1) is 11.9 Å². The third kappa shape index (κ3) is 5.61. The number of halogens is 1. The van der Waals surface area contributed by atoms with Crippen molar-refractivity contribution in [3.8, 4) is 11.5 Å². The predicted octanol–water partition coefficient (Wildman–Crippen LogP) is 5.03. The number of rotatable bonds is 7. The summed E-state index contributed by atoms with van der Waals surface area (Å²) >= 11 is 3.34. The fraction of sp³-hybridized carbons (Fsp3) is 0.136. The minimum Gasteiger partial charge on any atom is -0.457 e. The molecule has 0 aliphatic rings. The van der Waals surface area contributed by atoms with Crippen LogP contribution in [0.5, 0.6) is 11.5 Å². The number of sulfonamides is 1. The number of para-hydroxylation sites is 1. The summed E-state index contributed by atoms with van der Waals surface area (Å²) in [5, 5.41) is 2.74. The van der Waals surface area contributed by atoms with Gasteiger partial charge in [-0.05, 0) is 67.6 Å². The molecule has 8 heteroatoms. The van der Waals surface area contributed by atoms with Crippen LogP contribution in [0, 0.1) is 0 Å². The van der Waals surface area contributed by atoms with E-state index in [1.54, 1.807) is 55.5 Å². The molecule has 0 aromatic heterocycles. The van der Waals surface area contributed by atoms with Crippen LogP contribution in [-0.2, 0) is 14.8 Å². The van der Waals surface area contributed by atoms with Gasteiger partial charge in [-0.2, -0.15) is 0 Å². The molecule has 30 heavy (non-hydrogen) atoms. The Kier molecular flexibility index (Phi) is 6.79. The second-order valence-electron chi connectivity index (χ2n) is 6.64. The number of carbonyl (C=O) groups excluding carboxylic acids is 1. The third-order valence-electron chi connectivity index (χ3n) is 4.27. The smallest absolute Gasteiger partial charge is 0.247 e. The van der Waals surface area contributed by atoms with E-state index in [1.165, 1.54) is 0 Å². The summed E-state index contributed by atoms with van der Waals surface area (Å²) in [7, 11) is -3.71. The molecule has 3 aromatic rings. The van der Waals surface area contributed by atoms with Gasteiger partial charge in [0.15, 0.2) is 0 Å². The van der Waals surface area contributed by atoms with Crippen LogP contribution >= 0.6 is 15.9 Å². The minimum absolute atomic E-state index is 0.372. The van der Waals surface area contributed by atoms with Gasteiger partial charge in [-0.1, -0.05) is 34.1 Å². The molecule has 0 saturated heterocycles.